The van der Waals surface area contributed by atoms with Crippen LogP contribution in [-0.4, -0.2) is 82.3 Å². The molecule has 1 aliphatic rings. The average molecular weight is 292 g/mol. The van der Waals surface area contributed by atoms with E-state index in [2.05, 4.69) is 17.1 Å². The Labute approximate surface area is 117 Å². The van der Waals surface area contributed by atoms with Crippen LogP contribution in [0.5, 0.6) is 0 Å². The Hall–Kier alpha value is -0.210. The van der Waals surface area contributed by atoms with Crippen LogP contribution < -0.4 is 5.32 Å². The SMILES string of the molecule is CNCCCN(C)S(=O)(=O)N1CC(C)C(N(C)C)C1. The highest BCUT2D eigenvalue weighted by molar-refractivity contribution is 7.86. The molecule has 0 aromatic carbocycles. The van der Waals surface area contributed by atoms with Gasteiger partial charge in [0.15, 0.2) is 0 Å². The average Bonchev–Trinajstić information content (AvgIpc) is 2.72. The second-order valence-electron chi connectivity index (χ2n) is 5.61. The molecule has 1 saturated heterocycles. The summed E-state index contributed by atoms with van der Waals surface area (Å²) in [6.45, 7) is 4.70. The first kappa shape index (κ1) is 16.8. The van der Waals surface area contributed by atoms with Crippen molar-refractivity contribution in [3.63, 3.8) is 0 Å². The number of likely N-dealkylation sites (N-methyl/N-ethyl adjacent to an activating group) is 1. The van der Waals surface area contributed by atoms with Crippen LogP contribution >= 0.6 is 0 Å². The third-order valence-corrected chi connectivity index (χ3v) is 5.74. The molecular weight excluding hydrogens is 264 g/mol. The molecule has 1 heterocycles. The maximum atomic E-state index is 12.5. The lowest BCUT2D eigenvalue weighted by Crippen LogP contribution is -2.43. The number of hydrogen-bond donors (Lipinski definition) is 1. The van der Waals surface area contributed by atoms with Crippen molar-refractivity contribution in [1.29, 1.82) is 0 Å². The van der Waals surface area contributed by atoms with Gasteiger partial charge in [-0.25, -0.2) is 0 Å². The molecular formula is C12H28N4O2S. The van der Waals surface area contributed by atoms with Crippen LogP contribution in [0.15, 0.2) is 0 Å². The molecule has 0 spiro atoms. The van der Waals surface area contributed by atoms with E-state index in [1.54, 1.807) is 11.4 Å². The molecule has 1 rings (SSSR count). The molecule has 0 aliphatic carbocycles. The van der Waals surface area contributed by atoms with E-state index in [4.69, 9.17) is 0 Å². The largest absolute Gasteiger partial charge is 0.320 e. The van der Waals surface area contributed by atoms with E-state index in [1.807, 2.05) is 21.1 Å². The molecule has 7 heteroatoms. The van der Waals surface area contributed by atoms with Gasteiger partial charge in [-0.3, -0.25) is 0 Å². The first-order chi connectivity index (χ1) is 8.80. The first-order valence-electron chi connectivity index (χ1n) is 6.83. The summed E-state index contributed by atoms with van der Waals surface area (Å²) in [6.07, 6.45) is 0.826. The van der Waals surface area contributed by atoms with Crippen molar-refractivity contribution in [1.82, 2.24) is 18.8 Å². The van der Waals surface area contributed by atoms with Crippen molar-refractivity contribution in [2.45, 2.75) is 19.4 Å². The van der Waals surface area contributed by atoms with E-state index in [0.29, 0.717) is 31.6 Å². The van der Waals surface area contributed by atoms with Gasteiger partial charge in [0.2, 0.25) is 0 Å². The zero-order chi connectivity index (χ0) is 14.6. The zero-order valence-corrected chi connectivity index (χ0v) is 13.6. The van der Waals surface area contributed by atoms with Crippen molar-refractivity contribution in [3.8, 4) is 0 Å². The number of hydrogen-bond acceptors (Lipinski definition) is 4. The van der Waals surface area contributed by atoms with Gasteiger partial charge in [-0.2, -0.15) is 17.0 Å². The fourth-order valence-electron chi connectivity index (χ4n) is 2.56. The van der Waals surface area contributed by atoms with Gasteiger partial charge in [0.25, 0.3) is 10.2 Å². The van der Waals surface area contributed by atoms with E-state index in [0.717, 1.165) is 13.0 Å². The molecule has 2 atom stereocenters. The van der Waals surface area contributed by atoms with Crippen molar-refractivity contribution in [2.75, 3.05) is 54.4 Å². The standard InChI is InChI=1S/C12H28N4O2S/c1-11-9-16(10-12(11)14(3)4)19(17,18)15(5)8-6-7-13-2/h11-13H,6-10H2,1-5H3. The molecule has 0 amide bonds. The molecule has 2 unspecified atom stereocenters. The molecule has 19 heavy (non-hydrogen) atoms. The van der Waals surface area contributed by atoms with Gasteiger partial charge in [0.05, 0.1) is 0 Å². The highest BCUT2D eigenvalue weighted by Gasteiger charge is 2.38. The minimum Gasteiger partial charge on any atom is -0.320 e. The monoisotopic (exact) mass is 292 g/mol. The molecule has 6 nitrogen and oxygen atoms in total. The predicted octanol–water partition coefficient (Wildman–Crippen LogP) is -0.346. The summed E-state index contributed by atoms with van der Waals surface area (Å²) in [4.78, 5) is 2.11. The summed E-state index contributed by atoms with van der Waals surface area (Å²) in [5.74, 6) is 0.371. The third-order valence-electron chi connectivity index (χ3n) is 3.82. The van der Waals surface area contributed by atoms with Gasteiger partial charge in [0, 0.05) is 32.7 Å². The Morgan fingerprint density at radius 2 is 1.89 bits per heavy atom. The normalized spacial score (nSPS) is 25.6. The molecule has 1 fully saturated rings. The van der Waals surface area contributed by atoms with E-state index < -0.39 is 10.2 Å². The molecule has 1 aliphatic heterocycles. The number of nitrogens with one attached hydrogen (secondary N) is 1. The highest BCUT2D eigenvalue weighted by atomic mass is 32.2. The number of rotatable bonds is 7. The van der Waals surface area contributed by atoms with Crippen molar-refractivity contribution < 1.29 is 8.42 Å². The summed E-state index contributed by atoms with van der Waals surface area (Å²) in [5, 5.41) is 3.03. The fourth-order valence-corrected chi connectivity index (χ4v) is 4.08. The lowest BCUT2D eigenvalue weighted by atomic mass is 10.1. The van der Waals surface area contributed by atoms with E-state index >= 15 is 0 Å². The van der Waals surface area contributed by atoms with Crippen LogP contribution in [0.25, 0.3) is 0 Å². The van der Waals surface area contributed by atoms with Gasteiger partial charge < -0.3 is 10.2 Å². The highest BCUT2D eigenvalue weighted by Crippen LogP contribution is 2.23. The summed E-state index contributed by atoms with van der Waals surface area (Å²) in [6, 6.07) is 0.306. The fraction of sp³-hybridized carbons (Fsp3) is 1.00. The molecule has 0 bridgehead atoms. The Bertz CT molecular complexity index is 372. The molecule has 0 aromatic heterocycles. The van der Waals surface area contributed by atoms with Gasteiger partial charge in [-0.1, -0.05) is 6.92 Å². The van der Waals surface area contributed by atoms with Gasteiger partial charge in [-0.05, 0) is 40.0 Å². The van der Waals surface area contributed by atoms with Crippen LogP contribution in [0.4, 0.5) is 0 Å². The van der Waals surface area contributed by atoms with Crippen LogP contribution in [0.3, 0.4) is 0 Å². The van der Waals surface area contributed by atoms with Gasteiger partial charge >= 0.3 is 0 Å². The molecule has 114 valence electrons. The van der Waals surface area contributed by atoms with Gasteiger partial charge in [-0.15, -0.1) is 0 Å². The summed E-state index contributed by atoms with van der Waals surface area (Å²) >= 11 is 0. The first-order valence-corrected chi connectivity index (χ1v) is 8.22. The summed E-state index contributed by atoms with van der Waals surface area (Å²) in [5.41, 5.74) is 0. The van der Waals surface area contributed by atoms with Gasteiger partial charge in [0.1, 0.15) is 0 Å². The lowest BCUT2D eigenvalue weighted by molar-refractivity contribution is 0.262. The maximum Gasteiger partial charge on any atom is 0.281 e. The Kier molecular flexibility index (Phi) is 6.19. The zero-order valence-electron chi connectivity index (χ0n) is 12.8. The third kappa shape index (κ3) is 4.13. The maximum absolute atomic E-state index is 12.5. The Morgan fingerprint density at radius 3 is 2.37 bits per heavy atom. The van der Waals surface area contributed by atoms with E-state index in [-0.39, 0.29) is 0 Å². The Balaban J connectivity index is 2.63. The van der Waals surface area contributed by atoms with Crippen LogP contribution in [0, 0.1) is 5.92 Å². The van der Waals surface area contributed by atoms with Crippen LogP contribution in [-0.2, 0) is 10.2 Å². The smallest absolute Gasteiger partial charge is 0.281 e. The topological polar surface area (TPSA) is 55.9 Å². The lowest BCUT2D eigenvalue weighted by Gasteiger charge is -2.25. The van der Waals surface area contributed by atoms with E-state index in [9.17, 15) is 8.42 Å². The van der Waals surface area contributed by atoms with Crippen molar-refractivity contribution in [2.24, 2.45) is 5.92 Å². The quantitative estimate of drug-likeness (QED) is 0.652. The van der Waals surface area contributed by atoms with E-state index in [1.165, 1.54) is 4.31 Å². The Morgan fingerprint density at radius 1 is 1.26 bits per heavy atom. The summed E-state index contributed by atoms with van der Waals surface area (Å²) < 4.78 is 28.0. The predicted molar refractivity (Wildman–Crippen MR) is 78.3 cm³/mol. The molecule has 1 N–H and O–H groups in total. The minimum atomic E-state index is -3.31. The number of nitrogens with zero attached hydrogens (tertiary/aromatic N) is 3. The molecule has 0 radical (unpaired) electrons. The molecule has 0 saturated carbocycles. The molecule has 0 aromatic rings. The second kappa shape index (κ2) is 6.99. The summed E-state index contributed by atoms with van der Waals surface area (Å²) in [7, 11) is 4.25. The van der Waals surface area contributed by atoms with Crippen molar-refractivity contribution >= 4 is 10.2 Å². The second-order valence-corrected chi connectivity index (χ2v) is 7.65. The van der Waals surface area contributed by atoms with Crippen LogP contribution in [0.1, 0.15) is 13.3 Å². The van der Waals surface area contributed by atoms with Crippen LogP contribution in [0.2, 0.25) is 0 Å². The van der Waals surface area contributed by atoms with Crippen molar-refractivity contribution in [3.05, 3.63) is 0 Å². The minimum absolute atomic E-state index is 0.306.